The Balaban J connectivity index is 2.97. The molecule has 5 atom stereocenters. The van der Waals surface area contributed by atoms with Crippen molar-refractivity contribution in [2.45, 2.75) is 57.0 Å². The minimum absolute atomic E-state index is 0.0730. The molecule has 1 aromatic rings. The summed E-state index contributed by atoms with van der Waals surface area (Å²) in [5, 5.41) is 34.9. The number of aliphatic carboxylic acids is 2. The summed E-state index contributed by atoms with van der Waals surface area (Å²) in [4.78, 5) is 59.7. The quantitative estimate of drug-likeness (QED) is 0.186. The summed E-state index contributed by atoms with van der Waals surface area (Å²) in [7, 11) is 0. The Labute approximate surface area is 184 Å². The number of amides is 3. The zero-order valence-electron chi connectivity index (χ0n) is 17.6. The van der Waals surface area contributed by atoms with Crippen LogP contribution in [0.5, 0.6) is 0 Å². The summed E-state index contributed by atoms with van der Waals surface area (Å²) in [5.41, 5.74) is 6.04. The number of carboxylic acids is 2. The summed E-state index contributed by atoms with van der Waals surface area (Å²) in [5.74, 6) is -5.63. The summed E-state index contributed by atoms with van der Waals surface area (Å²) < 4.78 is 0. The molecule has 12 heteroatoms. The van der Waals surface area contributed by atoms with E-state index in [9.17, 15) is 34.2 Å². The first kappa shape index (κ1) is 26.5. The molecule has 8 N–H and O–H groups in total. The van der Waals surface area contributed by atoms with Crippen molar-refractivity contribution in [2.24, 2.45) is 5.73 Å². The Kier molecular flexibility index (Phi) is 10.3. The van der Waals surface area contributed by atoms with Crippen molar-refractivity contribution >= 4 is 29.7 Å². The van der Waals surface area contributed by atoms with Gasteiger partial charge >= 0.3 is 11.9 Å². The number of nitrogens with one attached hydrogen (secondary N) is 3. The molecule has 0 aliphatic carbocycles. The first-order valence-corrected chi connectivity index (χ1v) is 9.75. The largest absolute Gasteiger partial charge is 0.481 e. The van der Waals surface area contributed by atoms with Gasteiger partial charge in [0.15, 0.2) is 0 Å². The van der Waals surface area contributed by atoms with Crippen molar-refractivity contribution < 1.29 is 39.3 Å². The molecule has 0 aromatic heterocycles. The van der Waals surface area contributed by atoms with Crippen LogP contribution >= 0.6 is 0 Å². The molecule has 0 bridgehead atoms. The lowest BCUT2D eigenvalue weighted by Gasteiger charge is -2.25. The first-order valence-electron chi connectivity index (χ1n) is 9.75. The maximum atomic E-state index is 12.6. The number of carbonyl (C=O) groups is 5. The minimum atomic E-state index is -1.66. The van der Waals surface area contributed by atoms with E-state index in [2.05, 4.69) is 16.0 Å². The van der Waals surface area contributed by atoms with E-state index in [0.29, 0.717) is 5.56 Å². The molecule has 0 aliphatic rings. The predicted molar refractivity (Wildman–Crippen MR) is 111 cm³/mol. The number of aliphatic hydroxyl groups is 1. The molecule has 12 nitrogen and oxygen atoms in total. The molecule has 1 rings (SSSR count). The SMILES string of the molecule is CC(N)C(=O)NC(C(=O)NC(CC(=O)O)C(=O)NC(Cc1ccccc1)C(=O)O)C(C)O. The van der Waals surface area contributed by atoms with Crippen LogP contribution in [-0.4, -0.2) is 75.3 Å². The van der Waals surface area contributed by atoms with Gasteiger partial charge in [-0.3, -0.25) is 19.2 Å². The van der Waals surface area contributed by atoms with Crippen molar-refractivity contribution in [1.29, 1.82) is 0 Å². The molecular formula is C20H28N4O8. The highest BCUT2D eigenvalue weighted by Crippen LogP contribution is 2.05. The van der Waals surface area contributed by atoms with Crippen LogP contribution in [0.25, 0.3) is 0 Å². The smallest absolute Gasteiger partial charge is 0.326 e. The number of aliphatic hydroxyl groups excluding tert-OH is 1. The molecule has 5 unspecified atom stereocenters. The second kappa shape index (κ2) is 12.4. The lowest BCUT2D eigenvalue weighted by Crippen LogP contribution is -2.60. The van der Waals surface area contributed by atoms with Gasteiger partial charge in [0, 0.05) is 6.42 Å². The third-order valence-corrected chi connectivity index (χ3v) is 4.39. The zero-order chi connectivity index (χ0) is 24.4. The van der Waals surface area contributed by atoms with E-state index in [1.807, 2.05) is 0 Å². The molecule has 0 saturated carbocycles. The topological polar surface area (TPSA) is 208 Å². The van der Waals surface area contributed by atoms with E-state index in [-0.39, 0.29) is 6.42 Å². The Morgan fingerprint density at radius 3 is 1.91 bits per heavy atom. The predicted octanol–water partition coefficient (Wildman–Crippen LogP) is -2.03. The van der Waals surface area contributed by atoms with E-state index in [1.54, 1.807) is 30.3 Å². The van der Waals surface area contributed by atoms with Gasteiger partial charge in [0.25, 0.3) is 0 Å². The fraction of sp³-hybridized carbons (Fsp3) is 0.450. The molecule has 3 amide bonds. The number of nitrogens with two attached hydrogens (primary N) is 1. The van der Waals surface area contributed by atoms with Crippen LogP contribution in [0.3, 0.4) is 0 Å². The second-order valence-electron chi connectivity index (χ2n) is 7.26. The molecule has 32 heavy (non-hydrogen) atoms. The summed E-state index contributed by atoms with van der Waals surface area (Å²) in [6.07, 6.45) is -2.32. The highest BCUT2D eigenvalue weighted by molar-refractivity contribution is 5.95. The third-order valence-electron chi connectivity index (χ3n) is 4.39. The van der Waals surface area contributed by atoms with Crippen LogP contribution < -0.4 is 21.7 Å². The Morgan fingerprint density at radius 1 is 0.875 bits per heavy atom. The monoisotopic (exact) mass is 452 g/mol. The second-order valence-corrected chi connectivity index (χ2v) is 7.26. The molecular weight excluding hydrogens is 424 g/mol. The first-order chi connectivity index (χ1) is 14.9. The fourth-order valence-electron chi connectivity index (χ4n) is 2.66. The van der Waals surface area contributed by atoms with Crippen molar-refractivity contribution in [3.8, 4) is 0 Å². The number of hydrogen-bond acceptors (Lipinski definition) is 7. The van der Waals surface area contributed by atoms with Crippen LogP contribution in [0.2, 0.25) is 0 Å². The molecule has 0 radical (unpaired) electrons. The maximum absolute atomic E-state index is 12.6. The summed E-state index contributed by atoms with van der Waals surface area (Å²) in [6.45, 7) is 2.56. The number of carbonyl (C=O) groups excluding carboxylic acids is 3. The lowest BCUT2D eigenvalue weighted by molar-refractivity contribution is -0.143. The van der Waals surface area contributed by atoms with Crippen LogP contribution in [0.1, 0.15) is 25.8 Å². The van der Waals surface area contributed by atoms with Gasteiger partial charge in [-0.15, -0.1) is 0 Å². The molecule has 176 valence electrons. The summed E-state index contributed by atoms with van der Waals surface area (Å²) >= 11 is 0. The van der Waals surface area contributed by atoms with Gasteiger partial charge in [-0.2, -0.15) is 0 Å². The Bertz CT molecular complexity index is 828. The average molecular weight is 452 g/mol. The van der Waals surface area contributed by atoms with E-state index < -0.39 is 66.4 Å². The van der Waals surface area contributed by atoms with Crippen LogP contribution in [0, 0.1) is 0 Å². The van der Waals surface area contributed by atoms with Crippen molar-refractivity contribution in [3.63, 3.8) is 0 Å². The van der Waals surface area contributed by atoms with Gasteiger partial charge in [0.1, 0.15) is 18.1 Å². The van der Waals surface area contributed by atoms with E-state index in [0.717, 1.165) is 0 Å². The van der Waals surface area contributed by atoms with Crippen molar-refractivity contribution in [2.75, 3.05) is 0 Å². The zero-order valence-corrected chi connectivity index (χ0v) is 17.6. The average Bonchev–Trinajstić information content (AvgIpc) is 2.70. The fourth-order valence-corrected chi connectivity index (χ4v) is 2.66. The van der Waals surface area contributed by atoms with Gasteiger partial charge < -0.3 is 37.0 Å². The van der Waals surface area contributed by atoms with Gasteiger partial charge in [0.05, 0.1) is 18.6 Å². The Morgan fingerprint density at radius 2 is 1.44 bits per heavy atom. The molecule has 0 saturated heterocycles. The molecule has 0 spiro atoms. The van der Waals surface area contributed by atoms with Gasteiger partial charge in [-0.25, -0.2) is 4.79 Å². The third kappa shape index (κ3) is 8.70. The molecule has 0 heterocycles. The molecule has 1 aromatic carbocycles. The van der Waals surface area contributed by atoms with Crippen LogP contribution in [-0.2, 0) is 30.4 Å². The van der Waals surface area contributed by atoms with Crippen LogP contribution in [0.4, 0.5) is 0 Å². The number of benzene rings is 1. The number of rotatable bonds is 12. The highest BCUT2D eigenvalue weighted by Gasteiger charge is 2.33. The summed E-state index contributed by atoms with van der Waals surface area (Å²) in [6, 6.07) is 2.88. The maximum Gasteiger partial charge on any atom is 0.326 e. The molecule has 0 aliphatic heterocycles. The number of carboxylic acid groups (broad SMARTS) is 2. The lowest BCUT2D eigenvalue weighted by atomic mass is 10.0. The van der Waals surface area contributed by atoms with E-state index in [1.165, 1.54) is 13.8 Å². The van der Waals surface area contributed by atoms with Gasteiger partial charge in [-0.1, -0.05) is 30.3 Å². The normalized spacial score (nSPS) is 15.4. The van der Waals surface area contributed by atoms with E-state index in [4.69, 9.17) is 10.8 Å². The van der Waals surface area contributed by atoms with Crippen molar-refractivity contribution in [1.82, 2.24) is 16.0 Å². The molecule has 0 fully saturated rings. The standard InChI is InChI=1S/C20H28N4O8/c1-10(21)17(28)24-16(11(2)25)19(30)22-13(9-15(26)27)18(29)23-14(20(31)32)8-12-6-4-3-5-7-12/h3-7,10-11,13-14,16,25H,8-9,21H2,1-2H3,(H,22,30)(H,23,29)(H,24,28)(H,26,27)(H,31,32). The highest BCUT2D eigenvalue weighted by atomic mass is 16.4. The Hall–Kier alpha value is -3.51. The van der Waals surface area contributed by atoms with Gasteiger partial charge in [0.2, 0.25) is 17.7 Å². The van der Waals surface area contributed by atoms with Gasteiger partial charge in [-0.05, 0) is 19.4 Å². The number of hydrogen-bond donors (Lipinski definition) is 7. The minimum Gasteiger partial charge on any atom is -0.481 e. The van der Waals surface area contributed by atoms with Crippen LogP contribution in [0.15, 0.2) is 30.3 Å². The van der Waals surface area contributed by atoms with E-state index >= 15 is 0 Å². The van der Waals surface area contributed by atoms with Crippen molar-refractivity contribution in [3.05, 3.63) is 35.9 Å².